The van der Waals surface area contributed by atoms with Crippen LogP contribution in [0.25, 0.3) is 0 Å². The quantitative estimate of drug-likeness (QED) is 0.667. The fraction of sp³-hybridized carbons (Fsp3) is 0.364. The van der Waals surface area contributed by atoms with Crippen LogP contribution in [-0.4, -0.2) is 56.3 Å². The second kappa shape index (κ2) is 9.32. The molecule has 0 aromatic heterocycles. The lowest BCUT2D eigenvalue weighted by atomic mass is 10.1. The van der Waals surface area contributed by atoms with E-state index in [0.29, 0.717) is 42.5 Å². The molecule has 7 nitrogen and oxygen atoms in total. The number of nitrogens with zero attached hydrogens (tertiary/aromatic N) is 1. The van der Waals surface area contributed by atoms with Crippen molar-refractivity contribution in [1.29, 1.82) is 0 Å². The van der Waals surface area contributed by atoms with Crippen molar-refractivity contribution >= 4 is 11.9 Å². The minimum absolute atomic E-state index is 0.286. The maximum absolute atomic E-state index is 12.5. The van der Waals surface area contributed by atoms with E-state index < -0.39 is 5.97 Å². The van der Waals surface area contributed by atoms with Crippen LogP contribution in [0.3, 0.4) is 0 Å². The lowest BCUT2D eigenvalue weighted by Gasteiger charge is -2.30. The number of esters is 1. The number of likely N-dealkylation sites (N-methyl/N-ethyl adjacent to an activating group) is 1. The van der Waals surface area contributed by atoms with Crippen LogP contribution < -0.4 is 14.2 Å². The molecule has 29 heavy (non-hydrogen) atoms. The Hall–Kier alpha value is -3.22. The van der Waals surface area contributed by atoms with Crippen LogP contribution in [0.1, 0.15) is 22.8 Å². The molecular weight excluding hydrogens is 374 g/mol. The lowest BCUT2D eigenvalue weighted by molar-refractivity contribution is -0.135. The summed E-state index contributed by atoms with van der Waals surface area (Å²) < 4.78 is 22.0. The number of ether oxygens (including phenoxy) is 4. The first-order valence-electron chi connectivity index (χ1n) is 9.49. The van der Waals surface area contributed by atoms with E-state index in [0.717, 1.165) is 5.56 Å². The Bertz CT molecular complexity index is 881. The highest BCUT2D eigenvalue weighted by molar-refractivity contribution is 5.91. The first-order chi connectivity index (χ1) is 14.0. The zero-order valence-corrected chi connectivity index (χ0v) is 16.8. The van der Waals surface area contributed by atoms with Gasteiger partial charge in [0.15, 0.2) is 24.2 Å². The second-order valence-corrected chi connectivity index (χ2v) is 6.69. The summed E-state index contributed by atoms with van der Waals surface area (Å²) in [6.45, 7) is 4.57. The number of carbonyl (C=O) groups excluding carboxylic acids is 2. The Labute approximate surface area is 170 Å². The number of aryl methyl sites for hydroxylation is 1. The highest BCUT2D eigenvalue weighted by atomic mass is 16.6. The maximum atomic E-state index is 12.5. The first-order valence-corrected chi connectivity index (χ1v) is 9.49. The molecule has 2 aromatic rings. The molecule has 0 saturated heterocycles. The van der Waals surface area contributed by atoms with Crippen molar-refractivity contribution in [2.75, 3.05) is 33.4 Å². The third-order valence-electron chi connectivity index (χ3n) is 4.70. The van der Waals surface area contributed by atoms with Gasteiger partial charge >= 0.3 is 5.97 Å². The van der Waals surface area contributed by atoms with Crippen LogP contribution in [-0.2, 0) is 9.53 Å². The zero-order chi connectivity index (χ0) is 20.8. The smallest absolute Gasteiger partial charge is 0.338 e. The Morgan fingerprint density at radius 2 is 1.93 bits per heavy atom. The maximum Gasteiger partial charge on any atom is 0.338 e. The average molecular weight is 399 g/mol. The van der Waals surface area contributed by atoms with Crippen molar-refractivity contribution in [1.82, 2.24) is 4.90 Å². The monoisotopic (exact) mass is 399 g/mol. The predicted octanol–water partition coefficient (Wildman–Crippen LogP) is 2.85. The fourth-order valence-corrected chi connectivity index (χ4v) is 3.06. The molecule has 0 fully saturated rings. The summed E-state index contributed by atoms with van der Waals surface area (Å²) >= 11 is 0. The minimum Gasteiger partial charge on any atom is -0.496 e. The van der Waals surface area contributed by atoms with E-state index >= 15 is 0 Å². The highest BCUT2D eigenvalue weighted by Gasteiger charge is 2.25. The number of carbonyl (C=O) groups is 2. The predicted molar refractivity (Wildman–Crippen MR) is 107 cm³/mol. The molecule has 1 heterocycles. The van der Waals surface area contributed by atoms with Gasteiger partial charge in [-0.1, -0.05) is 18.2 Å². The highest BCUT2D eigenvalue weighted by Crippen LogP contribution is 2.31. The summed E-state index contributed by atoms with van der Waals surface area (Å²) in [6, 6.07) is 12.4. The third-order valence-corrected chi connectivity index (χ3v) is 4.70. The van der Waals surface area contributed by atoms with Crippen LogP contribution in [0.2, 0.25) is 0 Å². The molecule has 7 heteroatoms. The molecule has 0 N–H and O–H groups in total. The number of para-hydroxylation sites is 2. The topological polar surface area (TPSA) is 74.3 Å². The molecule has 0 bridgehead atoms. The molecule has 154 valence electrons. The summed E-state index contributed by atoms with van der Waals surface area (Å²) in [7, 11) is 1.54. The largest absolute Gasteiger partial charge is 0.496 e. The Morgan fingerprint density at radius 1 is 1.17 bits per heavy atom. The van der Waals surface area contributed by atoms with Gasteiger partial charge in [0.05, 0.1) is 19.2 Å². The molecule has 3 rings (SSSR count). The first kappa shape index (κ1) is 20.5. The van der Waals surface area contributed by atoms with Crippen LogP contribution in [0, 0.1) is 6.92 Å². The van der Waals surface area contributed by atoms with E-state index in [2.05, 4.69) is 0 Å². The van der Waals surface area contributed by atoms with Crippen molar-refractivity contribution < 1.29 is 28.5 Å². The van der Waals surface area contributed by atoms with Crippen LogP contribution in [0.5, 0.6) is 17.2 Å². The molecule has 2 aromatic carbocycles. The van der Waals surface area contributed by atoms with E-state index in [1.54, 1.807) is 23.1 Å². The number of hydrogen-bond acceptors (Lipinski definition) is 6. The molecule has 0 radical (unpaired) electrons. The van der Waals surface area contributed by atoms with Crippen LogP contribution in [0.15, 0.2) is 42.5 Å². The van der Waals surface area contributed by atoms with Crippen molar-refractivity contribution in [3.8, 4) is 17.2 Å². The van der Waals surface area contributed by atoms with Crippen molar-refractivity contribution in [2.24, 2.45) is 0 Å². The summed E-state index contributed by atoms with van der Waals surface area (Å²) in [5.41, 5.74) is 1.25. The zero-order valence-electron chi connectivity index (χ0n) is 16.8. The Morgan fingerprint density at radius 3 is 2.66 bits per heavy atom. The van der Waals surface area contributed by atoms with Gasteiger partial charge in [0.1, 0.15) is 12.4 Å². The van der Waals surface area contributed by atoms with Gasteiger partial charge in [-0.05, 0) is 43.7 Å². The van der Waals surface area contributed by atoms with E-state index in [9.17, 15) is 9.59 Å². The molecular formula is C22H25NO6. The Kier molecular flexibility index (Phi) is 6.59. The standard InChI is InChI=1S/C22H25NO6/c1-4-23(12-17-13-27-18-7-5-6-8-19(18)29-17)21(24)14-28-22(25)16-10-9-15(2)20(11-16)26-3/h5-11,17H,4,12-14H2,1-3H3. The lowest BCUT2D eigenvalue weighted by Crippen LogP contribution is -2.45. The van der Waals surface area contributed by atoms with Crippen LogP contribution in [0.4, 0.5) is 0 Å². The molecule has 1 aliphatic rings. The van der Waals surface area contributed by atoms with E-state index in [1.807, 2.05) is 38.1 Å². The summed E-state index contributed by atoms with van der Waals surface area (Å²) in [6.07, 6.45) is -0.286. The molecule has 0 saturated carbocycles. The van der Waals surface area contributed by atoms with Gasteiger partial charge in [-0.25, -0.2) is 4.79 Å². The van der Waals surface area contributed by atoms with E-state index in [1.165, 1.54) is 7.11 Å². The minimum atomic E-state index is -0.570. The van der Waals surface area contributed by atoms with Crippen LogP contribution >= 0.6 is 0 Å². The number of amides is 1. The molecule has 0 aliphatic carbocycles. The van der Waals surface area contributed by atoms with Gasteiger partial charge in [0.25, 0.3) is 5.91 Å². The van der Waals surface area contributed by atoms with E-state index in [-0.39, 0.29) is 18.6 Å². The molecule has 1 aliphatic heterocycles. The van der Waals surface area contributed by atoms with Crippen molar-refractivity contribution in [2.45, 2.75) is 20.0 Å². The van der Waals surface area contributed by atoms with Gasteiger partial charge < -0.3 is 23.8 Å². The number of fused-ring (bicyclic) bond motifs is 1. The van der Waals surface area contributed by atoms with E-state index in [4.69, 9.17) is 18.9 Å². The third kappa shape index (κ3) is 4.99. The van der Waals surface area contributed by atoms with Crippen molar-refractivity contribution in [3.05, 3.63) is 53.6 Å². The molecule has 1 unspecified atom stereocenters. The van der Waals surface area contributed by atoms with Crippen molar-refractivity contribution in [3.63, 3.8) is 0 Å². The van der Waals surface area contributed by atoms with Gasteiger partial charge in [0, 0.05) is 6.54 Å². The summed E-state index contributed by atoms with van der Waals surface area (Å²) in [5, 5.41) is 0. The summed E-state index contributed by atoms with van der Waals surface area (Å²) in [5.74, 6) is 1.09. The fourth-order valence-electron chi connectivity index (χ4n) is 3.06. The van der Waals surface area contributed by atoms with Gasteiger partial charge in [0.2, 0.25) is 0 Å². The number of methoxy groups -OCH3 is 1. The van der Waals surface area contributed by atoms with Gasteiger partial charge in [-0.3, -0.25) is 4.79 Å². The second-order valence-electron chi connectivity index (χ2n) is 6.69. The van der Waals surface area contributed by atoms with Gasteiger partial charge in [-0.2, -0.15) is 0 Å². The number of hydrogen-bond donors (Lipinski definition) is 0. The number of rotatable bonds is 7. The molecule has 1 atom stereocenters. The Balaban J connectivity index is 1.54. The molecule has 0 spiro atoms. The summed E-state index contributed by atoms with van der Waals surface area (Å²) in [4.78, 5) is 26.4. The SMILES string of the molecule is CCN(CC1COc2ccccc2O1)C(=O)COC(=O)c1ccc(C)c(OC)c1. The van der Waals surface area contributed by atoms with Gasteiger partial charge in [-0.15, -0.1) is 0 Å². The number of benzene rings is 2. The normalized spacial score (nSPS) is 14.8. The average Bonchev–Trinajstić information content (AvgIpc) is 2.75. The molecule has 1 amide bonds.